The molecule has 1 aromatic rings. The third kappa shape index (κ3) is 6.69. The Hall–Kier alpha value is -1.43. The second-order valence-electron chi connectivity index (χ2n) is 6.28. The molecule has 1 saturated heterocycles. The average molecular weight is 319 g/mol. The van der Waals surface area contributed by atoms with Crippen LogP contribution in [0.3, 0.4) is 0 Å². The molecule has 5 heteroatoms. The van der Waals surface area contributed by atoms with Crippen LogP contribution in [0.5, 0.6) is 0 Å². The van der Waals surface area contributed by atoms with Crippen molar-refractivity contribution in [2.24, 2.45) is 0 Å². The van der Waals surface area contributed by atoms with Crippen molar-refractivity contribution in [3.63, 3.8) is 0 Å². The molecule has 1 N–H and O–H groups in total. The molecule has 2 rings (SSSR count). The zero-order chi connectivity index (χ0) is 16.5. The lowest BCUT2D eigenvalue weighted by Gasteiger charge is -2.34. The number of hydrogen-bond acceptors (Lipinski definition) is 4. The minimum Gasteiger partial charge on any atom is -0.383 e. The number of ether oxygens (including phenoxy) is 1. The van der Waals surface area contributed by atoms with Crippen LogP contribution in [0, 0.1) is 0 Å². The average Bonchev–Trinajstić information content (AvgIpc) is 2.55. The van der Waals surface area contributed by atoms with E-state index in [0.717, 1.165) is 39.1 Å². The number of carbonyl (C=O) groups is 1. The first kappa shape index (κ1) is 17.9. The molecule has 23 heavy (non-hydrogen) atoms. The van der Waals surface area contributed by atoms with Gasteiger partial charge in [-0.3, -0.25) is 9.69 Å². The van der Waals surface area contributed by atoms with E-state index in [-0.39, 0.29) is 11.9 Å². The van der Waals surface area contributed by atoms with Crippen molar-refractivity contribution in [1.82, 2.24) is 15.1 Å². The number of hydrogen-bond donors (Lipinski definition) is 1. The third-order valence-electron chi connectivity index (χ3n) is 4.22. The van der Waals surface area contributed by atoms with E-state index in [1.807, 2.05) is 6.92 Å². The maximum absolute atomic E-state index is 12.0. The van der Waals surface area contributed by atoms with Crippen LogP contribution < -0.4 is 5.32 Å². The predicted molar refractivity (Wildman–Crippen MR) is 92.5 cm³/mol. The molecule has 0 spiro atoms. The van der Waals surface area contributed by atoms with Crippen molar-refractivity contribution in [2.45, 2.75) is 19.4 Å². The van der Waals surface area contributed by atoms with Crippen LogP contribution in [-0.2, 0) is 16.0 Å². The SMILES string of the molecule is COC[C@H](C)NC(=O)CN1CCN(CCc2ccccc2)CC1. The highest BCUT2D eigenvalue weighted by Gasteiger charge is 2.19. The topological polar surface area (TPSA) is 44.8 Å². The highest BCUT2D eigenvalue weighted by molar-refractivity contribution is 5.78. The molecule has 1 heterocycles. The maximum Gasteiger partial charge on any atom is 0.234 e. The van der Waals surface area contributed by atoms with Crippen molar-refractivity contribution < 1.29 is 9.53 Å². The van der Waals surface area contributed by atoms with Crippen LogP contribution >= 0.6 is 0 Å². The molecule has 0 radical (unpaired) electrons. The minimum atomic E-state index is 0.0691. The van der Waals surface area contributed by atoms with Crippen molar-refractivity contribution in [2.75, 3.05) is 53.0 Å². The van der Waals surface area contributed by atoms with Crippen molar-refractivity contribution >= 4 is 5.91 Å². The van der Waals surface area contributed by atoms with Crippen LogP contribution in [0.4, 0.5) is 0 Å². The van der Waals surface area contributed by atoms with Gasteiger partial charge in [0, 0.05) is 45.9 Å². The van der Waals surface area contributed by atoms with Crippen LogP contribution in [-0.4, -0.2) is 74.7 Å². The Morgan fingerprint density at radius 3 is 2.48 bits per heavy atom. The van der Waals surface area contributed by atoms with E-state index >= 15 is 0 Å². The largest absolute Gasteiger partial charge is 0.383 e. The summed E-state index contributed by atoms with van der Waals surface area (Å²) in [5, 5.41) is 2.97. The Balaban J connectivity index is 1.63. The van der Waals surface area contributed by atoms with E-state index in [2.05, 4.69) is 45.4 Å². The van der Waals surface area contributed by atoms with Gasteiger partial charge < -0.3 is 15.0 Å². The van der Waals surface area contributed by atoms with Crippen LogP contribution in [0.2, 0.25) is 0 Å². The number of piperazine rings is 1. The van der Waals surface area contributed by atoms with E-state index < -0.39 is 0 Å². The first-order valence-electron chi connectivity index (χ1n) is 8.44. The lowest BCUT2D eigenvalue weighted by molar-refractivity contribution is -0.123. The summed E-state index contributed by atoms with van der Waals surface area (Å²) in [6, 6.07) is 10.7. The molecule has 1 amide bonds. The van der Waals surface area contributed by atoms with Crippen molar-refractivity contribution in [1.29, 1.82) is 0 Å². The molecule has 1 fully saturated rings. The quantitative estimate of drug-likeness (QED) is 0.776. The molecular formula is C18H29N3O2. The van der Waals surface area contributed by atoms with E-state index in [0.29, 0.717) is 13.2 Å². The maximum atomic E-state index is 12.0. The molecule has 0 aromatic heterocycles. The molecule has 128 valence electrons. The normalized spacial score (nSPS) is 17.8. The number of nitrogens with one attached hydrogen (secondary N) is 1. The molecule has 5 nitrogen and oxygen atoms in total. The monoisotopic (exact) mass is 319 g/mol. The zero-order valence-electron chi connectivity index (χ0n) is 14.3. The number of methoxy groups -OCH3 is 1. The Bertz CT molecular complexity index is 459. The number of carbonyl (C=O) groups excluding carboxylic acids is 1. The van der Waals surface area contributed by atoms with Gasteiger partial charge in [0.05, 0.1) is 13.2 Å². The van der Waals surface area contributed by atoms with Gasteiger partial charge >= 0.3 is 0 Å². The highest BCUT2D eigenvalue weighted by Crippen LogP contribution is 2.05. The summed E-state index contributed by atoms with van der Waals surface area (Å²) < 4.78 is 5.04. The van der Waals surface area contributed by atoms with E-state index in [4.69, 9.17) is 4.74 Å². The predicted octanol–water partition coefficient (Wildman–Crippen LogP) is 0.998. The fourth-order valence-corrected chi connectivity index (χ4v) is 2.92. The van der Waals surface area contributed by atoms with E-state index in [1.54, 1.807) is 7.11 Å². The molecule has 0 aliphatic carbocycles. The summed E-state index contributed by atoms with van der Waals surface area (Å²) in [5.74, 6) is 0.0901. The summed E-state index contributed by atoms with van der Waals surface area (Å²) in [4.78, 5) is 16.7. The summed E-state index contributed by atoms with van der Waals surface area (Å²) in [6.07, 6.45) is 1.09. The Labute approximate surface area is 139 Å². The molecular weight excluding hydrogens is 290 g/mol. The second kappa shape index (κ2) is 9.65. The Kier molecular flexibility index (Phi) is 7.52. The fraction of sp³-hybridized carbons (Fsp3) is 0.611. The van der Waals surface area contributed by atoms with Gasteiger partial charge in [-0.15, -0.1) is 0 Å². The number of amides is 1. The Morgan fingerprint density at radius 2 is 1.83 bits per heavy atom. The fourth-order valence-electron chi connectivity index (χ4n) is 2.92. The molecule has 1 aliphatic heterocycles. The molecule has 0 saturated carbocycles. The van der Waals surface area contributed by atoms with Gasteiger partial charge in [-0.1, -0.05) is 30.3 Å². The van der Waals surface area contributed by atoms with Crippen LogP contribution in [0.25, 0.3) is 0 Å². The van der Waals surface area contributed by atoms with Crippen molar-refractivity contribution in [3.8, 4) is 0 Å². The van der Waals surface area contributed by atoms with Gasteiger partial charge in [-0.05, 0) is 18.9 Å². The number of rotatable bonds is 8. The first-order valence-corrected chi connectivity index (χ1v) is 8.44. The van der Waals surface area contributed by atoms with Gasteiger partial charge in [-0.25, -0.2) is 0 Å². The van der Waals surface area contributed by atoms with Gasteiger partial charge in [0.2, 0.25) is 5.91 Å². The summed E-state index contributed by atoms with van der Waals surface area (Å²) in [6.45, 7) is 8.08. The van der Waals surface area contributed by atoms with Gasteiger partial charge in [0.15, 0.2) is 0 Å². The molecule has 1 aliphatic rings. The smallest absolute Gasteiger partial charge is 0.234 e. The first-order chi connectivity index (χ1) is 11.2. The number of benzene rings is 1. The Morgan fingerprint density at radius 1 is 1.17 bits per heavy atom. The minimum absolute atomic E-state index is 0.0691. The lowest BCUT2D eigenvalue weighted by atomic mass is 10.1. The van der Waals surface area contributed by atoms with Gasteiger partial charge in [0.25, 0.3) is 0 Å². The highest BCUT2D eigenvalue weighted by atomic mass is 16.5. The van der Waals surface area contributed by atoms with Crippen LogP contribution in [0.15, 0.2) is 30.3 Å². The van der Waals surface area contributed by atoms with Crippen molar-refractivity contribution in [3.05, 3.63) is 35.9 Å². The standard InChI is InChI=1S/C18H29N3O2/c1-16(15-23-2)19-18(22)14-21-12-10-20(11-13-21)9-8-17-6-4-3-5-7-17/h3-7,16H,8-15H2,1-2H3,(H,19,22)/t16-/m0/s1. The molecule has 0 unspecified atom stereocenters. The van der Waals surface area contributed by atoms with Crippen LogP contribution in [0.1, 0.15) is 12.5 Å². The zero-order valence-corrected chi connectivity index (χ0v) is 14.3. The molecule has 0 bridgehead atoms. The van der Waals surface area contributed by atoms with E-state index in [1.165, 1.54) is 5.56 Å². The lowest BCUT2D eigenvalue weighted by Crippen LogP contribution is -2.50. The summed E-state index contributed by atoms with van der Waals surface area (Å²) in [7, 11) is 1.65. The summed E-state index contributed by atoms with van der Waals surface area (Å²) in [5.41, 5.74) is 1.39. The van der Waals surface area contributed by atoms with E-state index in [9.17, 15) is 4.79 Å². The summed E-state index contributed by atoms with van der Waals surface area (Å²) >= 11 is 0. The third-order valence-corrected chi connectivity index (χ3v) is 4.22. The molecule has 1 atom stereocenters. The molecule has 1 aromatic carbocycles. The van der Waals surface area contributed by atoms with Gasteiger partial charge in [0.1, 0.15) is 0 Å². The van der Waals surface area contributed by atoms with Gasteiger partial charge in [-0.2, -0.15) is 0 Å². The number of nitrogens with zero attached hydrogens (tertiary/aromatic N) is 2. The second-order valence-corrected chi connectivity index (χ2v) is 6.28.